The van der Waals surface area contributed by atoms with Crippen LogP contribution in [0.2, 0.25) is 0 Å². The molecule has 0 fully saturated rings. The number of carbonyl (C=O) groups excluding carboxylic acids is 4. The Kier molecular flexibility index (Phi) is 11.8. The van der Waals surface area contributed by atoms with Crippen molar-refractivity contribution < 1.29 is 33.4 Å². The molecule has 0 N–H and O–H groups in total. The maximum atomic E-state index is 13.8. The van der Waals surface area contributed by atoms with Crippen molar-refractivity contribution in [3.8, 4) is 5.75 Å². The fourth-order valence-electron chi connectivity index (χ4n) is 3.94. The maximum Gasteiger partial charge on any atom is 0.337 e. The second-order valence-corrected chi connectivity index (χ2v) is 10.2. The summed E-state index contributed by atoms with van der Waals surface area (Å²) >= 11 is 1.10. The van der Waals surface area contributed by atoms with E-state index in [0.717, 1.165) is 22.9 Å². The molecule has 3 aromatic carbocycles. The molecule has 210 valence electrons. The first-order valence-corrected chi connectivity index (χ1v) is 13.7. The van der Waals surface area contributed by atoms with Gasteiger partial charge in [0.25, 0.3) is 0 Å². The summed E-state index contributed by atoms with van der Waals surface area (Å²) in [5, 5.41) is -0.0709. The van der Waals surface area contributed by atoms with Crippen molar-refractivity contribution in [2.75, 3.05) is 31.4 Å². The fourth-order valence-corrected chi connectivity index (χ4v) is 4.68. The van der Waals surface area contributed by atoms with Crippen molar-refractivity contribution in [2.45, 2.75) is 26.4 Å². The van der Waals surface area contributed by atoms with Crippen LogP contribution in [0, 0.1) is 5.92 Å². The lowest BCUT2D eigenvalue weighted by Crippen LogP contribution is -2.41. The van der Waals surface area contributed by atoms with Crippen LogP contribution in [0.1, 0.15) is 34.8 Å². The molecule has 0 heterocycles. The fraction of sp³-hybridized carbons (Fsp3) is 0.290. The number of amides is 1. The van der Waals surface area contributed by atoms with Crippen molar-refractivity contribution in [1.82, 2.24) is 0 Å². The van der Waals surface area contributed by atoms with Crippen LogP contribution in [0.3, 0.4) is 0 Å². The van der Waals surface area contributed by atoms with E-state index in [-0.39, 0.29) is 24.2 Å². The van der Waals surface area contributed by atoms with E-state index in [2.05, 4.69) is 0 Å². The van der Waals surface area contributed by atoms with Gasteiger partial charge in [0.15, 0.2) is 5.12 Å². The quantitative estimate of drug-likeness (QED) is 0.265. The smallest absolute Gasteiger partial charge is 0.337 e. The SMILES string of the molecule is COC(=O)CN(C(=O)[C@@H](CCc1ccccc1)CSC(C)=O)c1ccc(OCc2ccc(C(=O)OC)cc2)cc1. The van der Waals surface area contributed by atoms with E-state index in [4.69, 9.17) is 14.2 Å². The van der Waals surface area contributed by atoms with Crippen LogP contribution in [-0.2, 0) is 36.9 Å². The van der Waals surface area contributed by atoms with Crippen LogP contribution >= 0.6 is 11.8 Å². The number of hydrogen-bond donors (Lipinski definition) is 0. The number of benzene rings is 3. The molecular formula is C31H33NO7S. The summed E-state index contributed by atoms with van der Waals surface area (Å²) < 4.78 is 15.4. The van der Waals surface area contributed by atoms with Gasteiger partial charge < -0.3 is 19.1 Å². The zero-order chi connectivity index (χ0) is 28.9. The average molecular weight is 564 g/mol. The van der Waals surface area contributed by atoms with E-state index >= 15 is 0 Å². The first-order chi connectivity index (χ1) is 19.3. The van der Waals surface area contributed by atoms with Gasteiger partial charge in [0.05, 0.1) is 19.8 Å². The van der Waals surface area contributed by atoms with Crippen molar-refractivity contribution in [1.29, 1.82) is 0 Å². The first kappa shape index (κ1) is 30.4. The molecule has 0 aliphatic rings. The molecule has 0 aliphatic carbocycles. The van der Waals surface area contributed by atoms with Crippen molar-refractivity contribution in [3.63, 3.8) is 0 Å². The van der Waals surface area contributed by atoms with Crippen LogP contribution in [-0.4, -0.2) is 49.5 Å². The highest BCUT2D eigenvalue weighted by Crippen LogP contribution is 2.25. The minimum absolute atomic E-state index is 0.0709. The molecule has 1 atom stereocenters. The minimum atomic E-state index is -0.551. The molecule has 0 bridgehead atoms. The summed E-state index contributed by atoms with van der Waals surface area (Å²) in [6, 6.07) is 23.6. The number of hydrogen-bond acceptors (Lipinski definition) is 8. The second-order valence-electron chi connectivity index (χ2n) is 9.00. The molecule has 3 aromatic rings. The largest absolute Gasteiger partial charge is 0.489 e. The molecule has 0 unspecified atom stereocenters. The Bertz CT molecular complexity index is 1280. The zero-order valence-electron chi connectivity index (χ0n) is 22.8. The molecule has 3 rings (SSSR count). The predicted octanol–water partition coefficient (Wildman–Crippen LogP) is 5.09. The molecular weight excluding hydrogens is 530 g/mol. The van der Waals surface area contributed by atoms with E-state index in [0.29, 0.717) is 35.6 Å². The summed E-state index contributed by atoms with van der Waals surface area (Å²) in [6.07, 6.45) is 1.19. The lowest BCUT2D eigenvalue weighted by Gasteiger charge is -2.27. The summed E-state index contributed by atoms with van der Waals surface area (Å²) in [5.41, 5.74) is 2.93. The topological polar surface area (TPSA) is 99.2 Å². The Labute approximate surface area is 238 Å². The highest BCUT2D eigenvalue weighted by molar-refractivity contribution is 8.13. The van der Waals surface area contributed by atoms with Crippen molar-refractivity contribution in [3.05, 3.63) is 95.6 Å². The number of anilines is 1. The number of thioether (sulfide) groups is 1. The third-order valence-corrected chi connectivity index (χ3v) is 7.15. The van der Waals surface area contributed by atoms with Gasteiger partial charge in [0.1, 0.15) is 18.9 Å². The van der Waals surface area contributed by atoms with Gasteiger partial charge in [-0.1, -0.05) is 54.2 Å². The molecule has 0 spiro atoms. The Hall–Kier alpha value is -4.11. The molecule has 40 heavy (non-hydrogen) atoms. The molecule has 8 nitrogen and oxygen atoms in total. The lowest BCUT2D eigenvalue weighted by molar-refractivity contribution is -0.140. The number of carbonyl (C=O) groups is 4. The van der Waals surface area contributed by atoms with Crippen molar-refractivity contribution >= 4 is 40.4 Å². The summed E-state index contributed by atoms with van der Waals surface area (Å²) in [4.78, 5) is 50.7. The molecule has 0 saturated carbocycles. The predicted molar refractivity (Wildman–Crippen MR) is 154 cm³/mol. The average Bonchev–Trinajstić information content (AvgIpc) is 2.99. The van der Waals surface area contributed by atoms with E-state index in [9.17, 15) is 19.2 Å². The molecule has 0 saturated heterocycles. The molecule has 0 radical (unpaired) electrons. The maximum absolute atomic E-state index is 13.8. The van der Waals surface area contributed by atoms with Crippen LogP contribution in [0.4, 0.5) is 5.69 Å². The highest BCUT2D eigenvalue weighted by atomic mass is 32.2. The normalized spacial score (nSPS) is 11.3. The molecule has 9 heteroatoms. The van der Waals surface area contributed by atoms with Gasteiger partial charge in [0.2, 0.25) is 5.91 Å². The number of methoxy groups -OCH3 is 2. The van der Waals surface area contributed by atoms with Gasteiger partial charge in [-0.05, 0) is 60.4 Å². The number of nitrogens with zero attached hydrogens (tertiary/aromatic N) is 1. The molecule has 0 aromatic heterocycles. The number of rotatable bonds is 13. The Morgan fingerprint density at radius 3 is 2.10 bits per heavy atom. The first-order valence-electron chi connectivity index (χ1n) is 12.8. The van der Waals surface area contributed by atoms with Crippen LogP contribution < -0.4 is 9.64 Å². The zero-order valence-corrected chi connectivity index (χ0v) is 23.6. The third kappa shape index (κ3) is 9.27. The third-order valence-electron chi connectivity index (χ3n) is 6.17. The highest BCUT2D eigenvalue weighted by Gasteiger charge is 2.28. The summed E-state index contributed by atoms with van der Waals surface area (Å²) in [7, 11) is 2.61. The van der Waals surface area contributed by atoms with Crippen molar-refractivity contribution in [2.24, 2.45) is 5.92 Å². The van der Waals surface area contributed by atoms with Crippen LogP contribution in [0.15, 0.2) is 78.9 Å². The van der Waals surface area contributed by atoms with Crippen LogP contribution in [0.5, 0.6) is 5.75 Å². The molecule has 0 aliphatic heterocycles. The van der Waals surface area contributed by atoms with E-state index in [1.165, 1.54) is 26.0 Å². The van der Waals surface area contributed by atoms with E-state index in [1.54, 1.807) is 48.5 Å². The second kappa shape index (κ2) is 15.5. The Morgan fingerprint density at radius 2 is 1.50 bits per heavy atom. The van der Waals surface area contributed by atoms with Gasteiger partial charge in [-0.15, -0.1) is 0 Å². The van der Waals surface area contributed by atoms with Crippen LogP contribution in [0.25, 0.3) is 0 Å². The van der Waals surface area contributed by atoms with Gasteiger partial charge in [-0.3, -0.25) is 14.4 Å². The Balaban J connectivity index is 1.73. The minimum Gasteiger partial charge on any atom is -0.489 e. The number of ether oxygens (including phenoxy) is 3. The van der Waals surface area contributed by atoms with E-state index in [1.807, 2.05) is 30.3 Å². The van der Waals surface area contributed by atoms with Gasteiger partial charge in [-0.2, -0.15) is 0 Å². The van der Waals surface area contributed by atoms with Gasteiger partial charge in [-0.25, -0.2) is 4.79 Å². The van der Waals surface area contributed by atoms with Gasteiger partial charge >= 0.3 is 11.9 Å². The summed E-state index contributed by atoms with van der Waals surface area (Å²) in [5.74, 6) is -0.813. The van der Waals surface area contributed by atoms with E-state index < -0.39 is 17.9 Å². The summed E-state index contributed by atoms with van der Waals surface area (Å²) in [6.45, 7) is 1.49. The standard InChI is InChI=1S/C31H33NO7S/c1-22(33)40-21-26(14-9-23-7-5-4-6-8-23)30(35)32(19-29(34)37-2)27-15-17-28(18-16-27)39-20-24-10-12-25(13-11-24)31(36)38-3/h4-8,10-13,15-18,26H,9,14,19-21H2,1-3H3/t26-/m0/s1. The number of aryl methyl sites for hydroxylation is 1. The molecule has 1 amide bonds. The number of esters is 2. The Morgan fingerprint density at radius 1 is 0.825 bits per heavy atom. The lowest BCUT2D eigenvalue weighted by atomic mass is 9.99. The van der Waals surface area contributed by atoms with Gasteiger partial charge in [0, 0.05) is 24.3 Å². The monoisotopic (exact) mass is 563 g/mol.